The van der Waals surface area contributed by atoms with Crippen LogP contribution in [0, 0.1) is 11.3 Å². The highest BCUT2D eigenvalue weighted by molar-refractivity contribution is 5.92. The average Bonchev–Trinajstić information content (AvgIpc) is 2.93. The quantitative estimate of drug-likeness (QED) is 0.119. The molecule has 3 rings (SSSR count). The highest BCUT2D eigenvalue weighted by Crippen LogP contribution is 2.30. The van der Waals surface area contributed by atoms with Gasteiger partial charge in [0.1, 0.15) is 5.75 Å². The summed E-state index contributed by atoms with van der Waals surface area (Å²) in [4.78, 5) is 12.9. The van der Waals surface area contributed by atoms with Gasteiger partial charge in [-0.1, -0.05) is 76.6 Å². The van der Waals surface area contributed by atoms with Gasteiger partial charge in [0.15, 0.2) is 11.5 Å². The largest absolute Gasteiger partial charge is 0.490 e. The van der Waals surface area contributed by atoms with Crippen LogP contribution >= 0.6 is 0 Å². The lowest BCUT2D eigenvalue weighted by Gasteiger charge is -2.14. The van der Waals surface area contributed by atoms with Crippen molar-refractivity contribution in [2.45, 2.75) is 65.2 Å². The van der Waals surface area contributed by atoms with Gasteiger partial charge >= 0.3 is 5.97 Å². The minimum Gasteiger partial charge on any atom is -0.490 e. The van der Waals surface area contributed by atoms with E-state index in [0.29, 0.717) is 41.6 Å². The molecule has 0 N–H and O–H groups in total. The fourth-order valence-corrected chi connectivity index (χ4v) is 3.91. The summed E-state index contributed by atoms with van der Waals surface area (Å²) in [5.41, 5.74) is 3.00. The van der Waals surface area contributed by atoms with Gasteiger partial charge in [-0.25, -0.2) is 4.79 Å². The molecule has 194 valence electrons. The summed E-state index contributed by atoms with van der Waals surface area (Å²) in [7, 11) is 0. The van der Waals surface area contributed by atoms with Crippen LogP contribution in [0.25, 0.3) is 11.1 Å². The number of nitriles is 1. The third kappa shape index (κ3) is 8.99. The van der Waals surface area contributed by atoms with Crippen LogP contribution in [0.3, 0.4) is 0 Å². The molecule has 0 aliphatic carbocycles. The Morgan fingerprint density at radius 3 is 1.84 bits per heavy atom. The molecule has 0 saturated heterocycles. The maximum atomic E-state index is 12.9. The molecule has 0 atom stereocenters. The molecule has 0 aliphatic rings. The Morgan fingerprint density at radius 1 is 0.703 bits per heavy atom. The normalized spacial score (nSPS) is 10.5. The molecular weight excluding hydrogens is 462 g/mol. The highest BCUT2D eigenvalue weighted by Gasteiger charge is 2.14. The number of carbonyl (C=O) groups excluding carboxylic acids is 1. The molecule has 3 aromatic carbocycles. The lowest BCUT2D eigenvalue weighted by Crippen LogP contribution is -2.10. The number of rotatable bonds is 15. The fraction of sp³-hybridized carbons (Fsp3) is 0.375. The number of esters is 1. The van der Waals surface area contributed by atoms with Crippen LogP contribution in [-0.2, 0) is 0 Å². The van der Waals surface area contributed by atoms with E-state index in [1.54, 1.807) is 42.5 Å². The molecule has 0 radical (unpaired) electrons. The van der Waals surface area contributed by atoms with E-state index in [-0.39, 0.29) is 0 Å². The first-order valence-electron chi connectivity index (χ1n) is 13.4. The molecule has 3 aromatic rings. The summed E-state index contributed by atoms with van der Waals surface area (Å²) < 4.78 is 17.6. The number of unbranched alkanes of at least 4 members (excludes halogenated alkanes) is 6. The van der Waals surface area contributed by atoms with Gasteiger partial charge < -0.3 is 14.2 Å². The van der Waals surface area contributed by atoms with Gasteiger partial charge in [0.25, 0.3) is 0 Å². The minimum absolute atomic E-state index is 0.415. The van der Waals surface area contributed by atoms with Crippen LogP contribution < -0.4 is 14.2 Å². The minimum atomic E-state index is -0.448. The number of ether oxygens (including phenoxy) is 3. The second-order valence-electron chi connectivity index (χ2n) is 9.08. The third-order valence-corrected chi connectivity index (χ3v) is 6.10. The Bertz CT molecular complexity index is 1150. The van der Waals surface area contributed by atoms with Crippen molar-refractivity contribution in [2.24, 2.45) is 0 Å². The van der Waals surface area contributed by atoms with Crippen molar-refractivity contribution < 1.29 is 19.0 Å². The molecule has 0 heterocycles. The van der Waals surface area contributed by atoms with Crippen molar-refractivity contribution in [3.63, 3.8) is 0 Å². The summed E-state index contributed by atoms with van der Waals surface area (Å²) in [6.07, 6.45) is 8.94. The average molecular weight is 500 g/mol. The Balaban J connectivity index is 1.65. The monoisotopic (exact) mass is 499 g/mol. The van der Waals surface area contributed by atoms with Gasteiger partial charge in [0.2, 0.25) is 0 Å². The van der Waals surface area contributed by atoms with E-state index < -0.39 is 5.97 Å². The van der Waals surface area contributed by atoms with Crippen molar-refractivity contribution in [3.8, 4) is 34.4 Å². The van der Waals surface area contributed by atoms with Crippen molar-refractivity contribution in [1.82, 2.24) is 0 Å². The molecule has 5 heteroatoms. The molecule has 5 nitrogen and oxygen atoms in total. The summed E-state index contributed by atoms with van der Waals surface area (Å²) in [5.74, 6) is 1.25. The Labute approximate surface area is 221 Å². The zero-order valence-electron chi connectivity index (χ0n) is 22.0. The lowest BCUT2D eigenvalue weighted by molar-refractivity contribution is 0.0734. The van der Waals surface area contributed by atoms with Crippen molar-refractivity contribution >= 4 is 5.97 Å². The molecule has 0 fully saturated rings. The molecular formula is C32H37NO4. The van der Waals surface area contributed by atoms with E-state index in [0.717, 1.165) is 36.8 Å². The van der Waals surface area contributed by atoms with Crippen LogP contribution in [0.5, 0.6) is 17.2 Å². The van der Waals surface area contributed by atoms with Gasteiger partial charge in [-0.3, -0.25) is 0 Å². The predicted octanol–water partition coefficient (Wildman–Crippen LogP) is 8.36. The number of hydrogen-bond acceptors (Lipinski definition) is 5. The van der Waals surface area contributed by atoms with Crippen LogP contribution in [0.2, 0.25) is 0 Å². The molecule has 0 spiro atoms. The van der Waals surface area contributed by atoms with Gasteiger partial charge in [-0.2, -0.15) is 5.26 Å². The lowest BCUT2D eigenvalue weighted by atomic mass is 10.0. The zero-order valence-corrected chi connectivity index (χ0v) is 22.0. The first-order valence-corrected chi connectivity index (χ1v) is 13.4. The summed E-state index contributed by atoms with van der Waals surface area (Å²) in [6, 6.07) is 22.0. The van der Waals surface area contributed by atoms with E-state index in [9.17, 15) is 4.79 Å². The first-order chi connectivity index (χ1) is 18.1. The summed E-state index contributed by atoms with van der Waals surface area (Å²) in [6.45, 7) is 5.58. The van der Waals surface area contributed by atoms with Crippen molar-refractivity contribution in [2.75, 3.05) is 13.2 Å². The van der Waals surface area contributed by atoms with Gasteiger partial charge in [-0.15, -0.1) is 0 Å². The maximum Gasteiger partial charge on any atom is 0.343 e. The smallest absolute Gasteiger partial charge is 0.343 e. The van der Waals surface area contributed by atoms with E-state index in [1.165, 1.54) is 25.7 Å². The van der Waals surface area contributed by atoms with Crippen molar-refractivity contribution in [1.29, 1.82) is 5.26 Å². The molecule has 0 amide bonds. The van der Waals surface area contributed by atoms with Gasteiger partial charge in [0, 0.05) is 0 Å². The van der Waals surface area contributed by atoms with Crippen LogP contribution in [0.1, 0.15) is 81.1 Å². The Hall–Kier alpha value is -3.78. The van der Waals surface area contributed by atoms with E-state index in [1.807, 2.05) is 24.3 Å². The first kappa shape index (κ1) is 27.8. The topological polar surface area (TPSA) is 68.5 Å². The third-order valence-electron chi connectivity index (χ3n) is 6.10. The Kier molecular flexibility index (Phi) is 11.5. The van der Waals surface area contributed by atoms with E-state index >= 15 is 0 Å². The number of benzene rings is 3. The molecule has 0 aliphatic heterocycles. The zero-order chi connectivity index (χ0) is 26.3. The number of hydrogen-bond donors (Lipinski definition) is 0. The molecule has 37 heavy (non-hydrogen) atoms. The van der Waals surface area contributed by atoms with Crippen molar-refractivity contribution in [3.05, 3.63) is 77.9 Å². The SMILES string of the molecule is CCCCCCOc1ccc(C(=O)Oc2ccc(-c3ccc(C#N)cc3)cc2)cc1OCCCCCC. The molecule has 0 aromatic heterocycles. The number of nitrogens with zero attached hydrogens (tertiary/aromatic N) is 1. The van der Waals surface area contributed by atoms with Crippen LogP contribution in [0.4, 0.5) is 0 Å². The summed E-state index contributed by atoms with van der Waals surface area (Å²) in [5, 5.41) is 8.97. The fourth-order valence-electron chi connectivity index (χ4n) is 3.91. The highest BCUT2D eigenvalue weighted by atomic mass is 16.5. The Morgan fingerprint density at radius 2 is 1.27 bits per heavy atom. The molecule has 0 unspecified atom stereocenters. The molecule has 0 saturated carbocycles. The van der Waals surface area contributed by atoms with E-state index in [2.05, 4.69) is 19.9 Å². The maximum absolute atomic E-state index is 12.9. The second kappa shape index (κ2) is 15.4. The number of carbonyl (C=O) groups is 1. The van der Waals surface area contributed by atoms with Gasteiger partial charge in [0.05, 0.1) is 30.4 Å². The van der Waals surface area contributed by atoms with Crippen LogP contribution in [-0.4, -0.2) is 19.2 Å². The standard InChI is InChI=1S/C32H37NO4/c1-3-5-7-9-21-35-30-20-17-28(23-31(30)36-22-10-8-6-4-2)32(34)37-29-18-15-27(16-19-29)26-13-11-25(24-33)12-14-26/h11-20,23H,3-10,21-22H2,1-2H3. The molecule has 0 bridgehead atoms. The predicted molar refractivity (Wildman–Crippen MR) is 147 cm³/mol. The second-order valence-corrected chi connectivity index (χ2v) is 9.08. The summed E-state index contributed by atoms with van der Waals surface area (Å²) >= 11 is 0. The van der Waals surface area contributed by atoms with Gasteiger partial charge in [-0.05, 0) is 66.4 Å². The van der Waals surface area contributed by atoms with E-state index in [4.69, 9.17) is 19.5 Å². The van der Waals surface area contributed by atoms with Crippen LogP contribution in [0.15, 0.2) is 66.7 Å².